The number of nitrogens with zero attached hydrogens (tertiary/aromatic N) is 1. The molecule has 1 aliphatic heterocycles. The van der Waals surface area contributed by atoms with Crippen LogP contribution in [0.25, 0.3) is 0 Å². The molecule has 1 saturated heterocycles. The van der Waals surface area contributed by atoms with Gasteiger partial charge in [0.15, 0.2) is 0 Å². The fourth-order valence-corrected chi connectivity index (χ4v) is 8.37. The molecule has 226 valence electrons. The summed E-state index contributed by atoms with van der Waals surface area (Å²) >= 11 is 14.9. The van der Waals surface area contributed by atoms with Crippen LogP contribution in [0.4, 0.5) is 11.4 Å². The molecule has 3 aliphatic carbocycles. The van der Waals surface area contributed by atoms with Crippen LogP contribution in [0.5, 0.6) is 0 Å². The zero-order valence-electron chi connectivity index (χ0n) is 24.6. The molecule has 0 spiro atoms. The van der Waals surface area contributed by atoms with Crippen LogP contribution in [0, 0.1) is 25.7 Å². The van der Waals surface area contributed by atoms with Gasteiger partial charge in [-0.05, 0) is 65.9 Å². The SMILES string of the molecule is Cc1ccc(NC(=O)c2cccc(NC(=O)CCN3C(=O)[C@@H]4[C@@H](C3=O)C3(Cl)c5ccccc5C4(Cl)c4ccccc43)c2)c(C)c1. The van der Waals surface area contributed by atoms with Crippen LogP contribution < -0.4 is 10.6 Å². The molecule has 0 aromatic heterocycles. The second-order valence-electron chi connectivity index (χ2n) is 11.9. The van der Waals surface area contributed by atoms with Gasteiger partial charge in [-0.3, -0.25) is 24.1 Å². The highest BCUT2D eigenvalue weighted by Crippen LogP contribution is 2.69. The molecule has 2 atom stereocenters. The Labute approximate surface area is 270 Å². The summed E-state index contributed by atoms with van der Waals surface area (Å²) in [7, 11) is 0. The number of likely N-dealkylation sites (tertiary alicyclic amines) is 1. The van der Waals surface area contributed by atoms with Crippen LogP contribution >= 0.6 is 23.2 Å². The van der Waals surface area contributed by atoms with Crippen molar-refractivity contribution in [2.24, 2.45) is 11.8 Å². The van der Waals surface area contributed by atoms with Gasteiger partial charge >= 0.3 is 0 Å². The van der Waals surface area contributed by atoms with E-state index in [1.165, 1.54) is 0 Å². The Kier molecular flexibility index (Phi) is 6.87. The van der Waals surface area contributed by atoms with Crippen molar-refractivity contribution >= 4 is 58.2 Å². The number of carbonyl (C=O) groups excluding carboxylic acids is 4. The Hall–Kier alpha value is -4.46. The van der Waals surface area contributed by atoms with Gasteiger partial charge in [-0.2, -0.15) is 0 Å². The van der Waals surface area contributed by atoms with Crippen molar-refractivity contribution < 1.29 is 19.2 Å². The zero-order chi connectivity index (χ0) is 31.7. The minimum Gasteiger partial charge on any atom is -0.326 e. The van der Waals surface area contributed by atoms with E-state index in [9.17, 15) is 19.2 Å². The lowest BCUT2D eigenvalue weighted by molar-refractivity contribution is -0.140. The normalized spacial score (nSPS) is 24.1. The van der Waals surface area contributed by atoms with E-state index in [1.54, 1.807) is 24.3 Å². The van der Waals surface area contributed by atoms with Gasteiger partial charge in [0.25, 0.3) is 5.91 Å². The smallest absolute Gasteiger partial charge is 0.255 e. The van der Waals surface area contributed by atoms with E-state index in [0.717, 1.165) is 38.3 Å². The standard InChI is InChI=1S/C36H29Cl2N3O4/c1-20-14-15-28(21(2)18-20)40-32(43)22-8-7-9-23(19-22)39-29(42)16-17-41-33(44)30-31(34(41)45)36(38)25-11-4-3-10-24(25)35(30,37)26-12-5-6-13-27(26)36/h3-15,18-19,30-31H,16-17H2,1-2H3,(H,39,42)(H,40,43)/t30-,31-,35?,36?/m0/s1. The van der Waals surface area contributed by atoms with Crippen molar-refractivity contribution in [1.82, 2.24) is 4.90 Å². The van der Waals surface area contributed by atoms with Gasteiger partial charge < -0.3 is 10.6 Å². The number of hydrogen-bond donors (Lipinski definition) is 2. The lowest BCUT2D eigenvalue weighted by atomic mass is 9.54. The predicted octanol–water partition coefficient (Wildman–Crippen LogP) is 6.48. The number of rotatable bonds is 6. The number of alkyl halides is 2. The molecule has 2 N–H and O–H groups in total. The first-order valence-electron chi connectivity index (χ1n) is 14.8. The number of nitrogens with one attached hydrogen (secondary N) is 2. The number of imide groups is 1. The number of hydrogen-bond acceptors (Lipinski definition) is 4. The molecule has 4 aromatic rings. The van der Waals surface area contributed by atoms with Crippen molar-refractivity contribution in [1.29, 1.82) is 0 Å². The van der Waals surface area contributed by atoms with Gasteiger partial charge in [0.2, 0.25) is 17.7 Å². The molecule has 2 bridgehead atoms. The summed E-state index contributed by atoms with van der Waals surface area (Å²) in [5.41, 5.74) is 6.44. The first-order valence-corrected chi connectivity index (χ1v) is 15.5. The maximum absolute atomic E-state index is 14.0. The molecule has 0 saturated carbocycles. The topological polar surface area (TPSA) is 95.6 Å². The van der Waals surface area contributed by atoms with Crippen molar-refractivity contribution in [2.75, 3.05) is 17.2 Å². The molecule has 8 rings (SSSR count). The fourth-order valence-electron chi connectivity index (χ4n) is 7.27. The second kappa shape index (κ2) is 10.6. The highest BCUT2D eigenvalue weighted by atomic mass is 35.5. The average molecular weight is 639 g/mol. The van der Waals surface area contributed by atoms with Crippen molar-refractivity contribution in [3.05, 3.63) is 130 Å². The largest absolute Gasteiger partial charge is 0.326 e. The Morgan fingerprint density at radius 2 is 1.29 bits per heavy atom. The fraction of sp³-hybridized carbons (Fsp3) is 0.222. The van der Waals surface area contributed by atoms with Crippen molar-refractivity contribution in [3.8, 4) is 0 Å². The van der Waals surface area contributed by atoms with Crippen LogP contribution in [0.3, 0.4) is 0 Å². The van der Waals surface area contributed by atoms with Gasteiger partial charge in [-0.25, -0.2) is 0 Å². The molecule has 4 aliphatic rings. The first-order chi connectivity index (χ1) is 21.5. The molecule has 1 heterocycles. The lowest BCUT2D eigenvalue weighted by Crippen LogP contribution is -2.57. The van der Waals surface area contributed by atoms with E-state index >= 15 is 0 Å². The number of aryl methyl sites for hydroxylation is 2. The average Bonchev–Trinajstić information content (AvgIpc) is 3.30. The van der Waals surface area contributed by atoms with E-state index in [2.05, 4.69) is 10.6 Å². The van der Waals surface area contributed by atoms with Gasteiger partial charge in [0.05, 0.1) is 11.8 Å². The summed E-state index contributed by atoms with van der Waals surface area (Å²) in [6.45, 7) is 3.78. The van der Waals surface area contributed by atoms with E-state index in [-0.39, 0.29) is 18.9 Å². The maximum atomic E-state index is 14.0. The highest BCUT2D eigenvalue weighted by Gasteiger charge is 2.72. The molecule has 45 heavy (non-hydrogen) atoms. The maximum Gasteiger partial charge on any atom is 0.255 e. The predicted molar refractivity (Wildman–Crippen MR) is 173 cm³/mol. The second-order valence-corrected chi connectivity index (χ2v) is 13.1. The molecular weight excluding hydrogens is 609 g/mol. The third kappa shape index (κ3) is 4.32. The van der Waals surface area contributed by atoms with Gasteiger partial charge in [-0.15, -0.1) is 23.2 Å². The minimum atomic E-state index is -1.27. The molecule has 0 unspecified atom stereocenters. The van der Waals surface area contributed by atoms with E-state index < -0.39 is 39.3 Å². The zero-order valence-corrected chi connectivity index (χ0v) is 26.1. The van der Waals surface area contributed by atoms with Gasteiger partial charge in [-0.1, -0.05) is 72.3 Å². The van der Waals surface area contributed by atoms with Crippen LogP contribution in [-0.2, 0) is 24.1 Å². The van der Waals surface area contributed by atoms with Crippen LogP contribution in [0.15, 0.2) is 91.0 Å². The van der Waals surface area contributed by atoms with Gasteiger partial charge in [0, 0.05) is 29.9 Å². The molecule has 9 heteroatoms. The van der Waals surface area contributed by atoms with Gasteiger partial charge in [0.1, 0.15) is 9.75 Å². The highest BCUT2D eigenvalue weighted by molar-refractivity contribution is 6.36. The Morgan fingerprint density at radius 1 is 0.733 bits per heavy atom. The minimum absolute atomic E-state index is 0.129. The molecule has 4 aromatic carbocycles. The summed E-state index contributed by atoms with van der Waals surface area (Å²) in [5, 5.41) is 5.70. The first kappa shape index (κ1) is 29.3. The number of amides is 4. The number of halogens is 2. The quantitative estimate of drug-likeness (QED) is 0.187. The van der Waals surface area contributed by atoms with Crippen LogP contribution in [0.2, 0.25) is 0 Å². The summed E-state index contributed by atoms with van der Waals surface area (Å²) in [4.78, 5) is 52.5. The molecule has 4 amide bonds. The molecule has 1 fully saturated rings. The summed E-state index contributed by atoms with van der Waals surface area (Å²) in [5.74, 6) is -3.42. The monoisotopic (exact) mass is 637 g/mol. The van der Waals surface area contributed by atoms with Crippen LogP contribution in [0.1, 0.15) is 50.2 Å². The van der Waals surface area contributed by atoms with Crippen molar-refractivity contribution in [3.63, 3.8) is 0 Å². The molecule has 0 radical (unpaired) electrons. The van der Waals surface area contributed by atoms with E-state index in [1.807, 2.05) is 80.6 Å². The third-order valence-electron chi connectivity index (χ3n) is 9.28. The number of carbonyl (C=O) groups is 4. The van der Waals surface area contributed by atoms with Crippen molar-refractivity contribution in [2.45, 2.75) is 30.0 Å². The summed E-state index contributed by atoms with van der Waals surface area (Å²) in [6.07, 6.45) is -0.139. The molecular formula is C36H29Cl2N3O4. The van der Waals surface area contributed by atoms with E-state index in [0.29, 0.717) is 16.9 Å². The molecule has 7 nitrogen and oxygen atoms in total. The Morgan fingerprint density at radius 3 is 1.82 bits per heavy atom. The third-order valence-corrected chi connectivity index (χ3v) is 10.6. The Bertz CT molecular complexity index is 1820. The Balaban J connectivity index is 1.08. The number of benzene rings is 4. The van der Waals surface area contributed by atoms with Crippen LogP contribution in [-0.4, -0.2) is 35.1 Å². The van der Waals surface area contributed by atoms with E-state index in [4.69, 9.17) is 23.2 Å². The number of anilines is 2. The summed E-state index contributed by atoms with van der Waals surface area (Å²) < 4.78 is 0. The lowest BCUT2D eigenvalue weighted by Gasteiger charge is -2.54. The summed E-state index contributed by atoms with van der Waals surface area (Å²) in [6, 6.07) is 27.3.